The van der Waals surface area contributed by atoms with E-state index in [2.05, 4.69) is 73.7 Å². The van der Waals surface area contributed by atoms with E-state index >= 15 is 0 Å². The summed E-state index contributed by atoms with van der Waals surface area (Å²) in [6.45, 7) is 13.3. The van der Waals surface area contributed by atoms with Crippen LogP contribution in [-0.4, -0.2) is 102 Å². The normalized spacial score (nSPS) is 25.2. The predicted molar refractivity (Wildman–Crippen MR) is 174 cm³/mol. The van der Waals surface area contributed by atoms with E-state index in [0.29, 0.717) is 32.3 Å². The highest BCUT2D eigenvalue weighted by molar-refractivity contribution is 6.16. The zero-order valence-electron chi connectivity index (χ0n) is 26.1. The second-order valence-corrected chi connectivity index (χ2v) is 12.9. The number of amides is 1. The molecule has 1 N–H and O–H groups in total. The number of hydrogen-bond acceptors (Lipinski definition) is 8. The first-order valence-electron chi connectivity index (χ1n) is 16.7. The molecule has 0 unspecified atom stereocenters. The van der Waals surface area contributed by atoms with Gasteiger partial charge in [0.1, 0.15) is 17.3 Å². The molecule has 0 spiro atoms. The molecule has 0 radical (unpaired) electrons. The third kappa shape index (κ3) is 4.40. The molecular weight excluding hydrogens is 552 g/mol. The third-order valence-electron chi connectivity index (χ3n) is 10.7. The van der Waals surface area contributed by atoms with Gasteiger partial charge in [-0.2, -0.15) is 9.97 Å². The number of nitrogens with one attached hydrogen (secondary N) is 1. The lowest BCUT2D eigenvalue weighted by Crippen LogP contribution is -2.53. The van der Waals surface area contributed by atoms with Gasteiger partial charge in [0.2, 0.25) is 5.95 Å². The molecule has 3 aromatic rings. The number of piperidine rings is 1. The van der Waals surface area contributed by atoms with Gasteiger partial charge in [-0.15, -0.1) is 0 Å². The number of anilines is 3. The topological polar surface area (TPSA) is 82.0 Å². The van der Waals surface area contributed by atoms with Crippen molar-refractivity contribution in [3.05, 3.63) is 47.7 Å². The van der Waals surface area contributed by atoms with E-state index in [-0.39, 0.29) is 11.3 Å². The molecule has 2 atom stereocenters. The van der Waals surface area contributed by atoms with Crippen molar-refractivity contribution in [1.82, 2.24) is 24.3 Å². The summed E-state index contributed by atoms with van der Waals surface area (Å²) in [6.07, 6.45) is 6.83. The van der Waals surface area contributed by atoms with Crippen molar-refractivity contribution in [2.45, 2.75) is 45.6 Å². The molecular formula is C34H44N8O2. The molecule has 1 aromatic carbocycles. The lowest BCUT2D eigenvalue weighted by atomic mass is 9.66. The van der Waals surface area contributed by atoms with Crippen LogP contribution in [0.2, 0.25) is 0 Å². The van der Waals surface area contributed by atoms with Gasteiger partial charge in [0.05, 0.1) is 24.8 Å². The van der Waals surface area contributed by atoms with Crippen molar-refractivity contribution >= 4 is 40.1 Å². The minimum Gasteiger partial charge on any atom is -0.378 e. The average molecular weight is 597 g/mol. The van der Waals surface area contributed by atoms with E-state index in [1.807, 2.05) is 6.07 Å². The Balaban J connectivity index is 1.09. The molecule has 8 rings (SSSR count). The largest absolute Gasteiger partial charge is 0.378 e. The Bertz CT molecular complexity index is 1600. The Hall–Kier alpha value is -3.63. The van der Waals surface area contributed by atoms with Crippen LogP contribution in [0.1, 0.15) is 50.4 Å². The first-order valence-corrected chi connectivity index (χ1v) is 16.7. The molecule has 0 bridgehead atoms. The van der Waals surface area contributed by atoms with E-state index in [4.69, 9.17) is 14.7 Å². The number of piperazine rings is 1. The first kappa shape index (κ1) is 27.9. The van der Waals surface area contributed by atoms with Crippen LogP contribution in [-0.2, 0) is 16.0 Å². The first-order chi connectivity index (χ1) is 21.6. The molecule has 0 saturated carbocycles. The van der Waals surface area contributed by atoms with Crippen LogP contribution in [0.3, 0.4) is 0 Å². The van der Waals surface area contributed by atoms with Crippen LogP contribution < -0.4 is 15.1 Å². The Morgan fingerprint density at radius 2 is 1.82 bits per heavy atom. The molecule has 3 fully saturated rings. The van der Waals surface area contributed by atoms with Gasteiger partial charge < -0.3 is 29.3 Å². The number of nitrogens with zero attached hydrogens (tertiary/aromatic N) is 7. The van der Waals surface area contributed by atoms with Gasteiger partial charge in [-0.05, 0) is 56.9 Å². The monoisotopic (exact) mass is 596 g/mol. The maximum atomic E-state index is 14.6. The van der Waals surface area contributed by atoms with Crippen LogP contribution in [0.25, 0.3) is 16.6 Å². The van der Waals surface area contributed by atoms with E-state index in [9.17, 15) is 4.79 Å². The number of aromatic nitrogens is 3. The molecule has 2 aromatic heterocycles. The van der Waals surface area contributed by atoms with Crippen molar-refractivity contribution in [2.24, 2.45) is 5.41 Å². The number of benzene rings is 1. The molecule has 44 heavy (non-hydrogen) atoms. The summed E-state index contributed by atoms with van der Waals surface area (Å²) >= 11 is 0. The van der Waals surface area contributed by atoms with Gasteiger partial charge >= 0.3 is 0 Å². The summed E-state index contributed by atoms with van der Waals surface area (Å²) in [4.78, 5) is 33.7. The van der Waals surface area contributed by atoms with E-state index in [0.717, 1.165) is 88.4 Å². The summed E-state index contributed by atoms with van der Waals surface area (Å²) in [7, 11) is 0. The van der Waals surface area contributed by atoms with Crippen molar-refractivity contribution in [2.75, 3.05) is 87.2 Å². The maximum absolute atomic E-state index is 14.6. The fourth-order valence-corrected chi connectivity index (χ4v) is 8.50. The van der Waals surface area contributed by atoms with Gasteiger partial charge in [0.15, 0.2) is 0 Å². The number of carbonyl (C=O) groups is 1. The van der Waals surface area contributed by atoms with Gasteiger partial charge in [-0.3, -0.25) is 9.69 Å². The zero-order chi connectivity index (χ0) is 29.8. The molecule has 10 heteroatoms. The molecule has 5 aliphatic heterocycles. The fourth-order valence-electron chi connectivity index (χ4n) is 8.50. The van der Waals surface area contributed by atoms with Crippen LogP contribution in [0, 0.1) is 5.41 Å². The van der Waals surface area contributed by atoms with E-state index in [1.54, 1.807) is 0 Å². The Morgan fingerprint density at radius 1 is 1.00 bits per heavy atom. The average Bonchev–Trinajstić information content (AvgIpc) is 3.42. The van der Waals surface area contributed by atoms with Crippen molar-refractivity contribution in [1.29, 1.82) is 0 Å². The summed E-state index contributed by atoms with van der Waals surface area (Å²) in [6, 6.07) is 11.1. The fraction of sp³-hybridized carbons (Fsp3) is 0.559. The smallest absolute Gasteiger partial charge is 0.270 e. The minimum atomic E-state index is 0.00411. The second-order valence-electron chi connectivity index (χ2n) is 12.9. The highest BCUT2D eigenvalue weighted by atomic mass is 16.5. The maximum Gasteiger partial charge on any atom is 0.270 e. The number of rotatable bonds is 6. The van der Waals surface area contributed by atoms with Crippen LogP contribution in [0.4, 0.5) is 17.6 Å². The van der Waals surface area contributed by atoms with Gasteiger partial charge in [0, 0.05) is 74.9 Å². The van der Waals surface area contributed by atoms with E-state index < -0.39 is 0 Å². The molecule has 3 saturated heterocycles. The lowest BCUT2D eigenvalue weighted by molar-refractivity contribution is -0.125. The number of para-hydroxylation sites is 1. The third-order valence-corrected chi connectivity index (χ3v) is 10.7. The molecule has 5 aliphatic rings. The summed E-state index contributed by atoms with van der Waals surface area (Å²) in [5.74, 6) is 2.67. The number of fused-ring (bicyclic) bond motifs is 3. The van der Waals surface area contributed by atoms with Crippen molar-refractivity contribution in [3.8, 4) is 0 Å². The van der Waals surface area contributed by atoms with Gasteiger partial charge in [-0.1, -0.05) is 25.1 Å². The molecule has 7 heterocycles. The lowest BCUT2D eigenvalue weighted by Gasteiger charge is -2.53. The minimum absolute atomic E-state index is 0.00411. The SMILES string of the molecule is CCNc1cc(N2CCN(C(=O)C3=C[C@]4(CC)CCCN5CCc6c(n3c3ccccc63)[C@@H]54)CC2)nc(N2CCOCC2)n1. The number of carbonyl (C=O) groups excluding carboxylic acids is 1. The summed E-state index contributed by atoms with van der Waals surface area (Å²) in [5, 5.41) is 4.71. The van der Waals surface area contributed by atoms with Gasteiger partial charge in [-0.25, -0.2) is 0 Å². The highest BCUT2D eigenvalue weighted by Crippen LogP contribution is 2.57. The number of hydrogen-bond donors (Lipinski definition) is 1. The second kappa shape index (κ2) is 11.1. The Morgan fingerprint density at radius 3 is 2.61 bits per heavy atom. The molecule has 232 valence electrons. The van der Waals surface area contributed by atoms with Crippen molar-refractivity contribution < 1.29 is 9.53 Å². The summed E-state index contributed by atoms with van der Waals surface area (Å²) < 4.78 is 7.92. The van der Waals surface area contributed by atoms with Gasteiger partial charge in [0.25, 0.3) is 5.91 Å². The molecule has 0 aliphatic carbocycles. The quantitative estimate of drug-likeness (QED) is 0.458. The van der Waals surface area contributed by atoms with Crippen LogP contribution in [0.5, 0.6) is 0 Å². The Labute approximate surface area is 259 Å². The number of morpholine rings is 1. The van der Waals surface area contributed by atoms with Crippen molar-refractivity contribution in [3.63, 3.8) is 0 Å². The molecule has 10 nitrogen and oxygen atoms in total. The predicted octanol–water partition coefficient (Wildman–Crippen LogP) is 3.99. The Kier molecular flexibility index (Phi) is 7.01. The van der Waals surface area contributed by atoms with E-state index in [1.165, 1.54) is 28.6 Å². The zero-order valence-corrected chi connectivity index (χ0v) is 26.1. The highest BCUT2D eigenvalue weighted by Gasteiger charge is 2.51. The standard InChI is InChI=1S/C34H44N8O2/c1-3-34-11-7-12-39-13-10-25-24-8-5-6-9-26(24)42(30(25)31(34)39)27(23-34)32(43)40-16-14-38(15-17-40)29-22-28(35-4-2)36-33(37-29)41-18-20-44-21-19-41/h5-6,8-9,22-23,31H,3-4,7,10-21H2,1-2H3,(H,35,36,37)/t31-,34+/m1/s1. The summed E-state index contributed by atoms with van der Waals surface area (Å²) in [5.41, 5.74) is 4.89. The number of ether oxygens (including phenoxy) is 1. The molecule has 1 amide bonds. The van der Waals surface area contributed by atoms with Crippen LogP contribution >= 0.6 is 0 Å². The van der Waals surface area contributed by atoms with Crippen LogP contribution in [0.15, 0.2) is 36.4 Å².